The van der Waals surface area contributed by atoms with Crippen LogP contribution in [0.3, 0.4) is 0 Å². The summed E-state index contributed by atoms with van der Waals surface area (Å²) in [6.07, 6.45) is 7.83. The van der Waals surface area contributed by atoms with Crippen LogP contribution < -0.4 is 5.32 Å². The molecule has 0 aliphatic heterocycles. The zero-order valence-corrected chi connectivity index (χ0v) is 12.6. The third kappa shape index (κ3) is 4.52. The fourth-order valence-corrected chi connectivity index (χ4v) is 2.95. The first-order chi connectivity index (χ1) is 8.64. The van der Waals surface area contributed by atoms with Gasteiger partial charge in [0, 0.05) is 7.11 Å². The average Bonchev–Trinajstić information content (AvgIpc) is 2.60. The summed E-state index contributed by atoms with van der Waals surface area (Å²) in [5.41, 5.74) is -0.0264. The molecule has 3 heteroatoms. The van der Waals surface area contributed by atoms with Crippen LogP contribution in [0.2, 0.25) is 0 Å². The van der Waals surface area contributed by atoms with Gasteiger partial charge in [0.15, 0.2) is 0 Å². The van der Waals surface area contributed by atoms with Crippen LogP contribution in [0.1, 0.15) is 59.3 Å². The van der Waals surface area contributed by atoms with Gasteiger partial charge in [-0.1, -0.05) is 32.6 Å². The number of rotatable bonds is 7. The van der Waals surface area contributed by atoms with E-state index >= 15 is 0 Å². The molecule has 1 aliphatic rings. The predicted octanol–water partition coefficient (Wildman–Crippen LogP) is 3.13. The monoisotopic (exact) mass is 257 g/mol. The maximum Gasteiger partial charge on any atom is 0.0853 e. The second-order valence-corrected chi connectivity index (χ2v) is 5.68. The van der Waals surface area contributed by atoms with E-state index < -0.39 is 0 Å². The Bertz CT molecular complexity index is 211. The lowest BCUT2D eigenvalue weighted by atomic mass is 9.86. The van der Waals surface area contributed by atoms with Crippen LogP contribution in [0.5, 0.6) is 0 Å². The first-order valence-corrected chi connectivity index (χ1v) is 7.54. The summed E-state index contributed by atoms with van der Waals surface area (Å²) in [7, 11) is 1.87. The molecule has 0 spiro atoms. The average molecular weight is 257 g/mol. The van der Waals surface area contributed by atoms with E-state index in [0.717, 1.165) is 26.0 Å². The Morgan fingerprint density at radius 1 is 1.11 bits per heavy atom. The van der Waals surface area contributed by atoms with Crippen molar-refractivity contribution in [3.8, 4) is 0 Å². The summed E-state index contributed by atoms with van der Waals surface area (Å²) >= 11 is 0. The van der Waals surface area contributed by atoms with Crippen molar-refractivity contribution in [2.24, 2.45) is 0 Å². The second-order valence-electron chi connectivity index (χ2n) is 5.68. The Hall–Kier alpha value is -0.120. The van der Waals surface area contributed by atoms with Crippen LogP contribution in [-0.4, -0.2) is 38.0 Å². The van der Waals surface area contributed by atoms with E-state index in [9.17, 15) is 0 Å². The molecule has 1 saturated carbocycles. The zero-order valence-electron chi connectivity index (χ0n) is 12.6. The third-order valence-corrected chi connectivity index (χ3v) is 4.04. The molecule has 1 unspecified atom stereocenters. The highest BCUT2D eigenvalue weighted by atomic mass is 16.5. The van der Waals surface area contributed by atoms with Crippen molar-refractivity contribution in [2.75, 3.05) is 20.3 Å². The Morgan fingerprint density at radius 2 is 1.72 bits per heavy atom. The summed E-state index contributed by atoms with van der Waals surface area (Å²) in [5, 5.41) is 3.58. The molecule has 0 heterocycles. The standard InChI is InChI=1S/C15H31NO2/c1-5-16-14(12-18-13(2)3)15(17-4)10-8-6-7-9-11-15/h13-14,16H,5-12H2,1-4H3. The minimum Gasteiger partial charge on any atom is -0.377 e. The van der Waals surface area contributed by atoms with Crippen LogP contribution in [-0.2, 0) is 9.47 Å². The lowest BCUT2D eigenvalue weighted by molar-refractivity contribution is -0.0800. The van der Waals surface area contributed by atoms with Crippen LogP contribution >= 0.6 is 0 Å². The molecule has 0 aromatic heterocycles. The number of ether oxygens (including phenoxy) is 2. The third-order valence-electron chi connectivity index (χ3n) is 4.04. The van der Waals surface area contributed by atoms with Gasteiger partial charge in [-0.05, 0) is 33.2 Å². The maximum atomic E-state index is 5.96. The fraction of sp³-hybridized carbons (Fsp3) is 1.00. The summed E-state index contributed by atoms with van der Waals surface area (Å²) in [6, 6.07) is 0.313. The van der Waals surface area contributed by atoms with E-state index in [-0.39, 0.29) is 11.7 Å². The highest BCUT2D eigenvalue weighted by Crippen LogP contribution is 2.33. The smallest absolute Gasteiger partial charge is 0.0853 e. The van der Waals surface area contributed by atoms with Gasteiger partial charge in [-0.15, -0.1) is 0 Å². The number of methoxy groups -OCH3 is 1. The van der Waals surface area contributed by atoms with Crippen molar-refractivity contribution >= 4 is 0 Å². The molecule has 1 N–H and O–H groups in total. The molecule has 1 fully saturated rings. The summed E-state index contributed by atoms with van der Waals surface area (Å²) < 4.78 is 11.8. The van der Waals surface area contributed by atoms with E-state index in [1.807, 2.05) is 7.11 Å². The van der Waals surface area contributed by atoms with E-state index in [2.05, 4.69) is 26.1 Å². The normalized spacial score (nSPS) is 21.8. The van der Waals surface area contributed by atoms with Crippen LogP contribution in [0.25, 0.3) is 0 Å². The van der Waals surface area contributed by atoms with E-state index in [1.165, 1.54) is 25.7 Å². The van der Waals surface area contributed by atoms with Crippen molar-refractivity contribution in [1.29, 1.82) is 0 Å². The van der Waals surface area contributed by atoms with Gasteiger partial charge in [0.25, 0.3) is 0 Å². The molecular formula is C15H31NO2. The molecule has 3 nitrogen and oxygen atoms in total. The molecule has 0 amide bonds. The Kier molecular flexibility index (Phi) is 7.20. The number of likely N-dealkylation sites (N-methyl/N-ethyl adjacent to an activating group) is 1. The highest BCUT2D eigenvalue weighted by molar-refractivity contribution is 4.94. The van der Waals surface area contributed by atoms with Crippen LogP contribution in [0, 0.1) is 0 Å². The quantitative estimate of drug-likeness (QED) is 0.711. The molecule has 1 aliphatic carbocycles. The zero-order chi connectivity index (χ0) is 13.4. The maximum absolute atomic E-state index is 5.96. The topological polar surface area (TPSA) is 30.5 Å². The number of hydrogen-bond acceptors (Lipinski definition) is 3. The van der Waals surface area contributed by atoms with Crippen molar-refractivity contribution < 1.29 is 9.47 Å². The summed E-state index contributed by atoms with van der Waals surface area (Å²) in [6.45, 7) is 8.06. The van der Waals surface area contributed by atoms with Gasteiger partial charge >= 0.3 is 0 Å². The van der Waals surface area contributed by atoms with Gasteiger partial charge in [-0.2, -0.15) is 0 Å². The first kappa shape index (κ1) is 15.9. The van der Waals surface area contributed by atoms with Crippen LogP contribution in [0.4, 0.5) is 0 Å². The second kappa shape index (κ2) is 8.13. The van der Waals surface area contributed by atoms with E-state index in [1.54, 1.807) is 0 Å². The van der Waals surface area contributed by atoms with Crippen molar-refractivity contribution in [2.45, 2.75) is 77.0 Å². The van der Waals surface area contributed by atoms with Gasteiger partial charge in [0.05, 0.1) is 24.4 Å². The van der Waals surface area contributed by atoms with Gasteiger partial charge in [-0.25, -0.2) is 0 Å². The van der Waals surface area contributed by atoms with Crippen molar-refractivity contribution in [3.63, 3.8) is 0 Å². The predicted molar refractivity (Wildman–Crippen MR) is 76.0 cm³/mol. The van der Waals surface area contributed by atoms with Gasteiger partial charge in [0.2, 0.25) is 0 Å². The molecular weight excluding hydrogens is 226 g/mol. The Morgan fingerprint density at radius 3 is 2.17 bits per heavy atom. The van der Waals surface area contributed by atoms with Gasteiger partial charge < -0.3 is 14.8 Å². The largest absolute Gasteiger partial charge is 0.377 e. The molecule has 0 saturated heterocycles. The Balaban J connectivity index is 2.70. The summed E-state index contributed by atoms with van der Waals surface area (Å²) in [4.78, 5) is 0. The number of hydrogen-bond donors (Lipinski definition) is 1. The lowest BCUT2D eigenvalue weighted by Crippen LogP contribution is -2.54. The first-order valence-electron chi connectivity index (χ1n) is 7.54. The molecule has 0 aromatic carbocycles. The van der Waals surface area contributed by atoms with Crippen molar-refractivity contribution in [1.82, 2.24) is 5.32 Å². The molecule has 1 rings (SSSR count). The van der Waals surface area contributed by atoms with E-state index in [4.69, 9.17) is 9.47 Å². The SMILES string of the molecule is CCNC(COC(C)C)C1(OC)CCCCCC1. The minimum atomic E-state index is -0.0264. The molecule has 1 atom stereocenters. The molecule has 108 valence electrons. The summed E-state index contributed by atoms with van der Waals surface area (Å²) in [5.74, 6) is 0. The molecule has 0 bridgehead atoms. The fourth-order valence-electron chi connectivity index (χ4n) is 2.95. The minimum absolute atomic E-state index is 0.0264. The van der Waals surface area contributed by atoms with Gasteiger partial charge in [-0.3, -0.25) is 0 Å². The molecule has 0 aromatic rings. The molecule has 18 heavy (non-hydrogen) atoms. The van der Waals surface area contributed by atoms with Crippen molar-refractivity contribution in [3.05, 3.63) is 0 Å². The lowest BCUT2D eigenvalue weighted by Gasteiger charge is -2.40. The van der Waals surface area contributed by atoms with E-state index in [0.29, 0.717) is 6.04 Å². The highest BCUT2D eigenvalue weighted by Gasteiger charge is 2.38. The van der Waals surface area contributed by atoms with Crippen LogP contribution in [0.15, 0.2) is 0 Å². The van der Waals surface area contributed by atoms with Gasteiger partial charge in [0.1, 0.15) is 0 Å². The molecule has 0 radical (unpaired) electrons. The number of nitrogens with one attached hydrogen (secondary N) is 1. The Labute approximate surface area is 113 Å².